The first kappa shape index (κ1) is 63.3. The van der Waals surface area contributed by atoms with Crippen LogP contribution in [0.1, 0.15) is 218 Å². The predicted octanol–water partition coefficient (Wildman–Crippen LogP) is 18.5. The summed E-state index contributed by atoms with van der Waals surface area (Å²) in [6, 6.07) is 22.0. The summed E-state index contributed by atoms with van der Waals surface area (Å²) in [6.45, 7) is 45.6. The number of aryl methyl sites for hydroxylation is 2. The van der Waals surface area contributed by atoms with Crippen molar-refractivity contribution in [3.05, 3.63) is 110 Å². The van der Waals surface area contributed by atoms with E-state index in [2.05, 4.69) is 173 Å². The van der Waals surface area contributed by atoms with Gasteiger partial charge < -0.3 is 27.7 Å². The zero-order chi connectivity index (χ0) is 42.3. The number of unbranched alkanes of at least 4 members (excludes halogenated alkanes) is 4. The molecular weight excluding hydrogens is 859 g/mol. The predicted molar refractivity (Wildman–Crippen MR) is 260 cm³/mol. The molecule has 0 amide bonds. The summed E-state index contributed by atoms with van der Waals surface area (Å²) in [7, 11) is 1.31. The van der Waals surface area contributed by atoms with Crippen LogP contribution in [0.15, 0.2) is 48.5 Å². The Morgan fingerprint density at radius 3 is 0.930 bits per heavy atom. The van der Waals surface area contributed by atoms with Gasteiger partial charge in [0.2, 0.25) is 0 Å². The molecule has 4 aromatic carbocycles. The van der Waals surface area contributed by atoms with Crippen LogP contribution in [0.3, 0.4) is 0 Å². The van der Waals surface area contributed by atoms with Crippen LogP contribution in [-0.2, 0) is 65.2 Å². The van der Waals surface area contributed by atoms with Gasteiger partial charge >= 0.3 is 52.4 Å². The molecule has 5 rings (SSSR count). The van der Waals surface area contributed by atoms with Crippen LogP contribution in [0.5, 0.6) is 0 Å². The second kappa shape index (κ2) is 39.8. The number of fused-ring (bicyclic) bond motifs is 2. The second-order valence-electron chi connectivity index (χ2n) is 16.2. The van der Waals surface area contributed by atoms with E-state index in [1.165, 1.54) is 115 Å². The molecule has 0 nitrogen and oxygen atoms in total. The zero-order valence-corrected chi connectivity index (χ0v) is 46.1. The Morgan fingerprint density at radius 1 is 0.474 bits per heavy atom. The van der Waals surface area contributed by atoms with E-state index >= 15 is 0 Å². The normalized spacial score (nSPS) is 11.3. The standard InChI is InChI=1S/2C17H23.C4H8Si.4C4H9.2Zr/c2*1-6-13-7-15-9-14(11(2)3)10-16(12(4)5)17(15)8-13;1-2-4-5-3-1;4*1-3-4-2;;/h2*7-12H,6H2,1-5H3;1-4H2;4*1,3-4H2,2H3;;/q2*-1;;4*-1;2*+3. The van der Waals surface area contributed by atoms with E-state index in [9.17, 15) is 0 Å². The molecule has 3 heteroatoms. The average Bonchev–Trinajstić information content (AvgIpc) is 3.99. The molecule has 0 N–H and O–H groups in total. The molecule has 0 spiro atoms. The summed E-state index contributed by atoms with van der Waals surface area (Å²) < 4.78 is 0. The van der Waals surface area contributed by atoms with E-state index in [4.69, 9.17) is 0 Å². The molecule has 1 fully saturated rings. The van der Waals surface area contributed by atoms with Crippen molar-refractivity contribution in [1.29, 1.82) is 0 Å². The van der Waals surface area contributed by atoms with Gasteiger partial charge in [-0.15, -0.1) is 56.9 Å². The maximum atomic E-state index is 3.60. The summed E-state index contributed by atoms with van der Waals surface area (Å²) in [5.74, 6) is 2.42. The summed E-state index contributed by atoms with van der Waals surface area (Å²) in [6.07, 6.45) is 14.4. The quantitative estimate of drug-likeness (QED) is 0.110. The Kier molecular flexibility index (Phi) is 44.1. The van der Waals surface area contributed by atoms with Crippen LogP contribution < -0.4 is 0 Å². The van der Waals surface area contributed by atoms with Crippen LogP contribution >= 0.6 is 0 Å². The Labute approximate surface area is 399 Å². The van der Waals surface area contributed by atoms with Crippen LogP contribution in [0.4, 0.5) is 0 Å². The molecule has 1 heterocycles. The van der Waals surface area contributed by atoms with Crippen molar-refractivity contribution in [1.82, 2.24) is 0 Å². The number of rotatable bonds is 10. The fourth-order valence-electron chi connectivity index (χ4n) is 5.53. The van der Waals surface area contributed by atoms with Crippen LogP contribution in [0.2, 0.25) is 12.1 Å². The Hall–Kier alpha value is -0.357. The van der Waals surface area contributed by atoms with Gasteiger partial charge in [-0.3, -0.25) is 0 Å². The van der Waals surface area contributed by atoms with Crippen molar-refractivity contribution < 1.29 is 52.4 Å². The molecule has 57 heavy (non-hydrogen) atoms. The molecule has 1 saturated heterocycles. The minimum absolute atomic E-state index is 0. The van der Waals surface area contributed by atoms with E-state index in [0.29, 0.717) is 23.7 Å². The Bertz CT molecular complexity index is 1320. The summed E-state index contributed by atoms with van der Waals surface area (Å²) in [4.78, 5) is 0. The van der Waals surface area contributed by atoms with Gasteiger partial charge in [-0.25, -0.2) is 0 Å². The fourth-order valence-corrected chi connectivity index (χ4v) is 6.78. The third-order valence-electron chi connectivity index (χ3n) is 9.64. The number of benzene rings is 2. The largest absolute Gasteiger partial charge is 3.00 e. The molecule has 0 unspecified atom stereocenters. The minimum atomic E-state index is 0. The van der Waals surface area contributed by atoms with Crippen LogP contribution in [0.25, 0.3) is 21.5 Å². The summed E-state index contributed by atoms with van der Waals surface area (Å²) in [5.41, 5.74) is 8.87. The molecule has 0 aliphatic carbocycles. The molecule has 0 bridgehead atoms. The van der Waals surface area contributed by atoms with Gasteiger partial charge in [0.15, 0.2) is 0 Å². The monoisotopic (exact) mass is 946 g/mol. The van der Waals surface area contributed by atoms with Crippen molar-refractivity contribution in [2.75, 3.05) is 0 Å². The molecule has 4 radical (unpaired) electrons. The minimum Gasteiger partial charge on any atom is -0.343 e. The van der Waals surface area contributed by atoms with Crippen LogP contribution in [0, 0.1) is 27.7 Å². The molecule has 0 saturated carbocycles. The first-order chi connectivity index (χ1) is 26.2. The van der Waals surface area contributed by atoms with Gasteiger partial charge in [0.1, 0.15) is 0 Å². The van der Waals surface area contributed by atoms with E-state index in [0.717, 1.165) is 38.5 Å². The molecule has 0 aromatic heterocycles. The first-order valence-electron chi connectivity index (χ1n) is 22.5. The maximum Gasteiger partial charge on any atom is 3.00 e. The zero-order valence-electron chi connectivity index (χ0n) is 40.2. The van der Waals surface area contributed by atoms with Gasteiger partial charge in [-0.05, 0) is 36.5 Å². The smallest absolute Gasteiger partial charge is 0.343 e. The van der Waals surface area contributed by atoms with Crippen LogP contribution in [-0.4, -0.2) is 9.52 Å². The second-order valence-corrected chi connectivity index (χ2v) is 17.7. The maximum absolute atomic E-state index is 3.60. The topological polar surface area (TPSA) is 0 Å². The molecule has 4 aromatic rings. The first-order valence-corrected chi connectivity index (χ1v) is 24.0. The van der Waals surface area contributed by atoms with Crippen molar-refractivity contribution in [3.8, 4) is 0 Å². The Morgan fingerprint density at radius 2 is 0.754 bits per heavy atom. The Balaban J connectivity index is -0.000000324. The average molecular weight is 950 g/mol. The van der Waals surface area contributed by atoms with E-state index in [1.54, 1.807) is 0 Å². The molecule has 1 aliphatic rings. The molecule has 1 aliphatic heterocycles. The summed E-state index contributed by atoms with van der Waals surface area (Å²) >= 11 is 0. The number of hydrogen-bond donors (Lipinski definition) is 0. The van der Waals surface area contributed by atoms with Gasteiger partial charge in [0.05, 0.1) is 0 Å². The van der Waals surface area contributed by atoms with E-state index < -0.39 is 0 Å². The third kappa shape index (κ3) is 27.3. The van der Waals surface area contributed by atoms with Gasteiger partial charge in [0.25, 0.3) is 0 Å². The molecule has 0 atom stereocenters. The van der Waals surface area contributed by atoms with E-state index in [1.807, 2.05) is 0 Å². The van der Waals surface area contributed by atoms with Gasteiger partial charge in [-0.2, -0.15) is 37.8 Å². The summed E-state index contributed by atoms with van der Waals surface area (Å²) in [5, 5.41) is 5.77. The molecule has 318 valence electrons. The van der Waals surface area contributed by atoms with Crippen molar-refractivity contribution in [3.63, 3.8) is 0 Å². The number of hydrogen-bond acceptors (Lipinski definition) is 0. The van der Waals surface area contributed by atoms with Crippen molar-refractivity contribution >= 4 is 31.1 Å². The van der Waals surface area contributed by atoms with Crippen molar-refractivity contribution in [2.24, 2.45) is 0 Å². The fraction of sp³-hybridized carbons (Fsp3) is 0.593. The third-order valence-corrected chi connectivity index (χ3v) is 11.1. The van der Waals surface area contributed by atoms with Crippen molar-refractivity contribution in [2.45, 2.75) is 210 Å². The van der Waals surface area contributed by atoms with Gasteiger partial charge in [0, 0.05) is 9.52 Å². The molecular formula is C54H90SiZr2. The van der Waals surface area contributed by atoms with Gasteiger partial charge in [-0.1, -0.05) is 182 Å². The SMILES string of the molecule is C1CC[Si]C1.CCc1cc2c(C(C)C)cc(C(C)C)cc2[cH-]1.CCc1cc2c(C(C)C)cc(C(C)C)cc2[cH-]1.[CH2-]CCC.[CH2-]CCC.[CH2-]CCC.[CH2-]CCC.[Zr+3].[Zr+3]. The van der Waals surface area contributed by atoms with E-state index in [-0.39, 0.29) is 52.4 Å².